The Balaban J connectivity index is 1.40. The minimum Gasteiger partial charge on any atom is -0.375 e. The number of anilines is 4. The third kappa shape index (κ3) is 6.59. The van der Waals surface area contributed by atoms with Crippen LogP contribution >= 0.6 is 0 Å². The Kier molecular flexibility index (Phi) is 8.70. The van der Waals surface area contributed by atoms with Gasteiger partial charge in [0.15, 0.2) is 11.5 Å². The zero-order valence-electron chi connectivity index (χ0n) is 25.0. The number of nitrogens with one attached hydrogen (secondary N) is 4. The third-order valence-corrected chi connectivity index (χ3v) is 7.29. The summed E-state index contributed by atoms with van der Waals surface area (Å²) >= 11 is 0. The predicted octanol–water partition coefficient (Wildman–Crippen LogP) is 3.29. The fourth-order valence-electron chi connectivity index (χ4n) is 4.78. The second-order valence-electron chi connectivity index (χ2n) is 10.8. The number of para-hydroxylation sites is 1. The highest BCUT2D eigenvalue weighted by Crippen LogP contribution is 2.38. The first kappa shape index (κ1) is 30.0. The van der Waals surface area contributed by atoms with E-state index < -0.39 is 5.91 Å². The highest BCUT2D eigenvalue weighted by atomic mass is 16.2. The van der Waals surface area contributed by atoms with Crippen LogP contribution in [0.3, 0.4) is 0 Å². The van der Waals surface area contributed by atoms with Crippen LogP contribution in [0.5, 0.6) is 0 Å². The maximum Gasteiger partial charge on any atom is 0.273 e. The van der Waals surface area contributed by atoms with E-state index in [9.17, 15) is 19.2 Å². The van der Waals surface area contributed by atoms with Gasteiger partial charge in [-0.15, -0.1) is 10.2 Å². The summed E-state index contributed by atoms with van der Waals surface area (Å²) < 4.78 is 1.47. The van der Waals surface area contributed by atoms with Crippen LogP contribution in [0.25, 0.3) is 11.1 Å². The topological polar surface area (TPSA) is 150 Å². The lowest BCUT2D eigenvalue weighted by Gasteiger charge is -2.23. The Hall–Kier alpha value is -5.52. The van der Waals surface area contributed by atoms with Crippen molar-refractivity contribution in [1.29, 1.82) is 0 Å². The van der Waals surface area contributed by atoms with Gasteiger partial charge >= 0.3 is 0 Å². The Morgan fingerprint density at radius 2 is 1.70 bits per heavy atom. The van der Waals surface area contributed by atoms with Gasteiger partial charge in [0.25, 0.3) is 17.4 Å². The summed E-state index contributed by atoms with van der Waals surface area (Å²) in [5.74, 6) is -0.595. The molecule has 0 unspecified atom stereocenters. The van der Waals surface area contributed by atoms with Gasteiger partial charge in [-0.25, -0.2) is 0 Å². The Morgan fingerprint density at radius 3 is 2.39 bits per heavy atom. The van der Waals surface area contributed by atoms with Crippen LogP contribution in [0.4, 0.5) is 22.9 Å². The predicted molar refractivity (Wildman–Crippen MR) is 169 cm³/mol. The summed E-state index contributed by atoms with van der Waals surface area (Å²) in [5.41, 5.74) is 4.53. The number of hydrogen-bond donors (Lipinski definition) is 4. The molecule has 0 spiro atoms. The van der Waals surface area contributed by atoms with E-state index in [2.05, 4.69) is 31.5 Å². The minimum atomic E-state index is -0.427. The average molecular weight is 595 g/mol. The molecule has 44 heavy (non-hydrogen) atoms. The molecule has 2 aromatic heterocycles. The van der Waals surface area contributed by atoms with Gasteiger partial charge in [-0.3, -0.25) is 19.2 Å². The number of rotatable bonds is 10. The van der Waals surface area contributed by atoms with Crippen LogP contribution in [0.1, 0.15) is 39.3 Å². The molecule has 3 amide bonds. The molecule has 4 aromatic rings. The van der Waals surface area contributed by atoms with Gasteiger partial charge in [-0.1, -0.05) is 30.3 Å². The van der Waals surface area contributed by atoms with E-state index in [1.165, 1.54) is 11.6 Å². The zero-order chi connectivity index (χ0) is 31.4. The summed E-state index contributed by atoms with van der Waals surface area (Å²) in [5, 5.41) is 19.6. The molecule has 0 aliphatic heterocycles. The second kappa shape index (κ2) is 12.8. The molecule has 0 atom stereocenters. The zero-order valence-corrected chi connectivity index (χ0v) is 25.0. The molecule has 4 N–H and O–H groups in total. The summed E-state index contributed by atoms with van der Waals surface area (Å²) in [4.78, 5) is 52.0. The van der Waals surface area contributed by atoms with E-state index in [0.717, 1.165) is 29.7 Å². The highest BCUT2D eigenvalue weighted by molar-refractivity contribution is 6.01. The maximum absolute atomic E-state index is 12.8. The molecule has 1 aliphatic rings. The Labute approximate surface area is 254 Å². The maximum atomic E-state index is 12.8. The molecule has 1 fully saturated rings. The van der Waals surface area contributed by atoms with Gasteiger partial charge in [0.05, 0.1) is 17.1 Å². The molecule has 5 rings (SSSR count). The highest BCUT2D eigenvalue weighted by Gasteiger charge is 2.30. The number of aromatic nitrogens is 3. The van der Waals surface area contributed by atoms with Crippen LogP contribution in [0.2, 0.25) is 0 Å². The molecule has 1 saturated carbocycles. The van der Waals surface area contributed by atoms with Gasteiger partial charge in [-0.05, 0) is 42.7 Å². The van der Waals surface area contributed by atoms with E-state index in [4.69, 9.17) is 0 Å². The number of pyridine rings is 1. The van der Waals surface area contributed by atoms with Crippen LogP contribution in [0, 0.1) is 5.92 Å². The SMILES string of the molecule is CNC(=O)c1nnc(NC(=O)C2CC2)cc1Nc1cccc(-c2ccc(C(=O)NCc3cccn(C)c3=O)cc2)c1N(C)C. The molecule has 0 radical (unpaired) electrons. The number of benzene rings is 2. The molecule has 2 aromatic carbocycles. The summed E-state index contributed by atoms with van der Waals surface area (Å²) in [6.07, 6.45) is 3.36. The minimum absolute atomic E-state index is 0.0146. The molecule has 0 saturated heterocycles. The van der Waals surface area contributed by atoms with Crippen molar-refractivity contribution in [2.45, 2.75) is 19.4 Å². The second-order valence-corrected chi connectivity index (χ2v) is 10.8. The third-order valence-electron chi connectivity index (χ3n) is 7.29. The number of aryl methyl sites for hydroxylation is 1. The van der Waals surface area contributed by atoms with Crippen LogP contribution < -0.4 is 31.7 Å². The van der Waals surface area contributed by atoms with Gasteiger partial charge in [0.2, 0.25) is 5.91 Å². The van der Waals surface area contributed by atoms with Crippen LogP contribution in [-0.4, -0.2) is 53.6 Å². The van der Waals surface area contributed by atoms with Crippen molar-refractivity contribution in [3.8, 4) is 11.1 Å². The van der Waals surface area contributed by atoms with E-state index in [0.29, 0.717) is 22.5 Å². The first-order chi connectivity index (χ1) is 21.2. The van der Waals surface area contributed by atoms with Crippen molar-refractivity contribution < 1.29 is 14.4 Å². The molecule has 1 aliphatic carbocycles. The molecular weight excluding hydrogens is 560 g/mol. The lowest BCUT2D eigenvalue weighted by Crippen LogP contribution is -2.28. The Bertz CT molecular complexity index is 1780. The number of hydrogen-bond acceptors (Lipinski definition) is 8. The fourth-order valence-corrected chi connectivity index (χ4v) is 4.78. The van der Waals surface area contributed by atoms with Gasteiger partial charge in [0, 0.05) is 69.6 Å². The number of amides is 3. The van der Waals surface area contributed by atoms with Gasteiger partial charge in [-0.2, -0.15) is 0 Å². The molecule has 12 heteroatoms. The fraction of sp³-hybridized carbons (Fsp3) is 0.250. The summed E-state index contributed by atoms with van der Waals surface area (Å²) in [6.45, 7) is 0.125. The van der Waals surface area contributed by atoms with Crippen molar-refractivity contribution >= 4 is 40.6 Å². The monoisotopic (exact) mass is 594 g/mol. The first-order valence-corrected chi connectivity index (χ1v) is 14.2. The average Bonchev–Trinajstić information content (AvgIpc) is 3.87. The summed E-state index contributed by atoms with van der Waals surface area (Å²) in [6, 6.07) is 18.0. The molecular formula is C32H34N8O4. The van der Waals surface area contributed by atoms with E-state index >= 15 is 0 Å². The standard InChI is InChI=1S/C32H34N8O4/c1-33-31(43)27-25(17-26(37-38-27)36-30(42)21-14-15-21)35-24-9-5-8-23(28(24)39(2)3)19-10-12-20(13-11-19)29(41)34-18-22-7-6-16-40(4)32(22)44/h5-13,16-17,21H,14-15,18H2,1-4H3,(H,33,43)(H,34,41)(H2,35,36,37,42). The van der Waals surface area contributed by atoms with E-state index in [1.54, 1.807) is 43.6 Å². The van der Waals surface area contributed by atoms with Crippen molar-refractivity contribution in [3.05, 3.63) is 94.0 Å². The van der Waals surface area contributed by atoms with E-state index in [-0.39, 0.29) is 41.3 Å². The van der Waals surface area contributed by atoms with E-state index in [1.807, 2.05) is 49.3 Å². The van der Waals surface area contributed by atoms with Crippen LogP contribution in [-0.2, 0) is 18.4 Å². The molecule has 226 valence electrons. The first-order valence-electron chi connectivity index (χ1n) is 14.2. The van der Waals surface area contributed by atoms with Crippen LogP contribution in [0.15, 0.2) is 71.7 Å². The smallest absolute Gasteiger partial charge is 0.273 e. The molecule has 2 heterocycles. The lowest BCUT2D eigenvalue weighted by atomic mass is 10.00. The van der Waals surface area contributed by atoms with Gasteiger partial charge in [0.1, 0.15) is 0 Å². The largest absolute Gasteiger partial charge is 0.375 e. The normalized spacial score (nSPS) is 12.3. The Morgan fingerprint density at radius 1 is 0.955 bits per heavy atom. The van der Waals surface area contributed by atoms with Crippen molar-refractivity contribution in [3.63, 3.8) is 0 Å². The van der Waals surface area contributed by atoms with Crippen molar-refractivity contribution in [2.24, 2.45) is 13.0 Å². The number of carbonyl (C=O) groups excluding carboxylic acids is 3. The molecule has 0 bridgehead atoms. The summed E-state index contributed by atoms with van der Waals surface area (Å²) in [7, 11) is 6.99. The number of nitrogens with zero attached hydrogens (tertiary/aromatic N) is 4. The number of carbonyl (C=O) groups is 3. The quantitative estimate of drug-likeness (QED) is 0.219. The lowest BCUT2D eigenvalue weighted by molar-refractivity contribution is -0.117. The van der Waals surface area contributed by atoms with Crippen molar-refractivity contribution in [2.75, 3.05) is 36.7 Å². The molecule has 12 nitrogen and oxygen atoms in total. The van der Waals surface area contributed by atoms with Gasteiger partial charge < -0.3 is 30.7 Å². The van der Waals surface area contributed by atoms with Crippen molar-refractivity contribution in [1.82, 2.24) is 25.4 Å².